The molecule has 13 aromatic rings. The summed E-state index contributed by atoms with van der Waals surface area (Å²) in [6.07, 6.45) is -21.9. The number of rotatable bonds is 15. The number of fused-ring (bicyclic) bond motifs is 6. The molecule has 0 aliphatic heterocycles. The molecule has 0 radical (unpaired) electrons. The number of alkyl halides is 12. The Balaban J connectivity index is 0.779. The summed E-state index contributed by atoms with van der Waals surface area (Å²) in [4.78, 5) is 26.3. The summed E-state index contributed by atoms with van der Waals surface area (Å²) in [5.74, 6) is 0.268. The van der Waals surface area contributed by atoms with Crippen LogP contribution in [0.3, 0.4) is 0 Å². The molecule has 19 heteroatoms. The molecule has 2 unspecified atom stereocenters. The summed E-state index contributed by atoms with van der Waals surface area (Å²) in [6.45, 7) is 4.30. The van der Waals surface area contributed by atoms with Crippen molar-refractivity contribution in [2.45, 2.75) is 54.8 Å². The molecule has 2 aliphatic carbocycles. The molecule has 0 amide bonds. The summed E-state index contributed by atoms with van der Waals surface area (Å²) >= 11 is 0. The predicted molar refractivity (Wildman–Crippen MR) is 387 cm³/mol. The third kappa shape index (κ3) is 12.7. The van der Waals surface area contributed by atoms with Gasteiger partial charge in [0.2, 0.25) is 0 Å². The van der Waals surface area contributed by atoms with Gasteiger partial charge in [0.1, 0.15) is 23.0 Å². The lowest BCUT2D eigenvalue weighted by molar-refractivity contribution is -0.144. The smallest absolute Gasteiger partial charge is 0.508 e. The zero-order chi connectivity index (χ0) is 75.9. The topological polar surface area (TPSA) is 85.3 Å². The highest BCUT2D eigenvalue weighted by Crippen LogP contribution is 2.61. The van der Waals surface area contributed by atoms with Crippen LogP contribution in [0.4, 0.5) is 74.5 Å². The highest BCUT2D eigenvalue weighted by molar-refractivity contribution is 5.91. The molecule has 0 bridgehead atoms. The van der Waals surface area contributed by atoms with Gasteiger partial charge < -0.3 is 24.2 Å². The van der Waals surface area contributed by atoms with Gasteiger partial charge in [-0.3, -0.25) is 4.79 Å². The lowest BCUT2D eigenvalue weighted by Crippen LogP contribution is -2.30. The van der Waals surface area contributed by atoms with Gasteiger partial charge in [-0.05, 0) is 234 Å². The van der Waals surface area contributed by atoms with E-state index in [9.17, 15) is 41.0 Å². The van der Waals surface area contributed by atoms with E-state index in [1.807, 2.05) is 122 Å². The van der Waals surface area contributed by atoms with E-state index in [1.54, 1.807) is 109 Å². The zero-order valence-corrected chi connectivity index (χ0v) is 56.8. The van der Waals surface area contributed by atoms with Crippen molar-refractivity contribution in [3.05, 3.63) is 375 Å². The number of phenols is 1. The third-order valence-electron chi connectivity index (χ3n) is 20.4. The number of carbonyl (C=O) groups is 2. The normalized spacial score (nSPS) is 15.3. The zero-order valence-electron chi connectivity index (χ0n) is 56.8. The van der Waals surface area contributed by atoms with Crippen molar-refractivity contribution in [3.8, 4) is 67.5 Å². The van der Waals surface area contributed by atoms with Gasteiger partial charge in [0.25, 0.3) is 6.47 Å². The monoisotopic (exact) mass is 1460 g/mol. The first-order valence-electron chi connectivity index (χ1n) is 33.8. The quantitative estimate of drug-likeness (QED) is 0.0474. The molecule has 13 aromatic carbocycles. The molecule has 108 heavy (non-hydrogen) atoms. The van der Waals surface area contributed by atoms with Gasteiger partial charge in [-0.25, -0.2) is 4.79 Å². The molecule has 0 aromatic heterocycles. The number of nitrogens with zero attached hydrogens (tertiary/aromatic N) is 1. The van der Waals surface area contributed by atoms with E-state index >= 15 is 26.3 Å². The van der Waals surface area contributed by atoms with Crippen LogP contribution in [0.5, 0.6) is 23.0 Å². The summed E-state index contributed by atoms with van der Waals surface area (Å²) in [5.41, 5.74) is -0.487. The van der Waals surface area contributed by atoms with Gasteiger partial charge in [0, 0.05) is 22.5 Å². The van der Waals surface area contributed by atoms with Crippen molar-refractivity contribution in [1.82, 2.24) is 0 Å². The molecule has 0 spiro atoms. The Labute approximate surface area is 610 Å². The molecule has 0 saturated carbocycles. The molecule has 7 nitrogen and oxygen atoms in total. The van der Waals surface area contributed by atoms with E-state index < -0.39 is 69.4 Å². The Bertz CT molecular complexity index is 5540. The molecular formula is C89H57F12NO6. The highest BCUT2D eigenvalue weighted by Gasteiger charge is 2.51. The van der Waals surface area contributed by atoms with Crippen molar-refractivity contribution in [1.29, 1.82) is 0 Å². The molecule has 0 saturated heterocycles. The highest BCUT2D eigenvalue weighted by atomic mass is 19.4. The standard InChI is InChI=1S/C89H57F12NO6/c1-83(2,57-24-36-71(37-25-57)106-52-103)58-26-38-72(39-27-58)107-82(105)108-73-40-28-60(29-41-73)85(62-48-65(88(96,97)98)51-66(49-62)89(99,100)101)79-15-9-7-13-75(79)77-43-21-56(45-81(77)85)54-18-32-69(33-19-54)102(67-10-4-3-5-11-67)68-30-16-53(17-31-68)55-20-42-76-74-12-6-8-14-78(74)84(80(76)44-55,59-22-34-70(104)35-23-59)61-46-63(86(90,91)92)50-64(47-61)87(93,94)95/h3-52,104H,1-2H3. The maximum absolute atomic E-state index is 15.1. The van der Waals surface area contributed by atoms with Crippen LogP contribution in [0.1, 0.15) is 91.7 Å². The van der Waals surface area contributed by atoms with Crippen LogP contribution >= 0.6 is 0 Å². The maximum atomic E-state index is 15.1. The first-order valence-corrected chi connectivity index (χ1v) is 33.8. The fourth-order valence-electron chi connectivity index (χ4n) is 15.3. The Morgan fingerprint density at radius 3 is 1.06 bits per heavy atom. The number of phenolic OH excluding ortho intramolecular Hbond substituents is 1. The van der Waals surface area contributed by atoms with Crippen LogP contribution in [0.15, 0.2) is 297 Å². The van der Waals surface area contributed by atoms with Gasteiger partial charge in [0.15, 0.2) is 0 Å². The van der Waals surface area contributed by atoms with E-state index in [0.29, 0.717) is 95.9 Å². The minimum atomic E-state index is -5.23. The van der Waals surface area contributed by atoms with E-state index in [0.717, 1.165) is 41.1 Å². The van der Waals surface area contributed by atoms with E-state index in [4.69, 9.17) is 14.2 Å². The van der Waals surface area contributed by atoms with Gasteiger partial charge in [-0.2, -0.15) is 52.7 Å². The molecule has 2 atom stereocenters. The predicted octanol–water partition coefficient (Wildman–Crippen LogP) is 24.4. The number of hydrogen-bond acceptors (Lipinski definition) is 7. The molecular weight excluding hydrogens is 1410 g/mol. The lowest BCUT2D eigenvalue weighted by Gasteiger charge is -2.35. The average molecular weight is 1460 g/mol. The molecule has 0 fully saturated rings. The van der Waals surface area contributed by atoms with Gasteiger partial charge >= 0.3 is 30.9 Å². The Kier molecular flexibility index (Phi) is 17.6. The van der Waals surface area contributed by atoms with Gasteiger partial charge in [0.05, 0.1) is 33.1 Å². The Hall–Kier alpha value is -12.6. The fourth-order valence-corrected chi connectivity index (χ4v) is 15.3. The van der Waals surface area contributed by atoms with E-state index in [1.165, 1.54) is 48.5 Å². The second-order valence-electron chi connectivity index (χ2n) is 26.9. The number of hydrogen-bond donors (Lipinski definition) is 1. The molecule has 2 aliphatic rings. The minimum Gasteiger partial charge on any atom is -0.508 e. The number of ether oxygens (including phenoxy) is 3. The Morgan fingerprint density at radius 1 is 0.333 bits per heavy atom. The van der Waals surface area contributed by atoms with Gasteiger partial charge in [-0.15, -0.1) is 0 Å². The number of aromatic hydroxyl groups is 1. The maximum Gasteiger partial charge on any atom is 0.519 e. The first-order chi connectivity index (χ1) is 51.5. The largest absolute Gasteiger partial charge is 0.519 e. The molecule has 538 valence electrons. The van der Waals surface area contributed by atoms with E-state index in [2.05, 4.69) is 0 Å². The van der Waals surface area contributed by atoms with Crippen LogP contribution in [0, 0.1) is 0 Å². The number of benzene rings is 13. The minimum absolute atomic E-state index is 0.0601. The molecule has 15 rings (SSSR count). The first kappa shape index (κ1) is 71.0. The SMILES string of the molecule is CC(C)(c1ccc(OC=O)cc1)c1ccc(OC(=O)Oc2ccc(C3(c4cc(C(F)(F)F)cc(C(F)(F)F)c4)c4ccccc4-c4ccc(-c5ccc(N(c6ccccc6)c6ccc(-c7ccc8c(c7)C(c7ccc(O)cc7)(c7cc(C(F)(F)F)cc(C(F)(F)F)c7)c7ccccc7-8)cc6)cc5)cc43)cc2)cc1. The van der Waals surface area contributed by atoms with Crippen LogP contribution in [0.25, 0.3) is 44.5 Å². The Morgan fingerprint density at radius 2 is 0.667 bits per heavy atom. The number of carbonyl (C=O) groups excluding carboxylic acids is 2. The average Bonchev–Trinajstić information content (AvgIpc) is 1.53. The fraction of sp³-hybridized carbons (Fsp3) is 0.101. The van der Waals surface area contributed by atoms with Crippen molar-refractivity contribution < 1.29 is 81.6 Å². The van der Waals surface area contributed by atoms with Gasteiger partial charge in [-0.1, -0.05) is 178 Å². The second kappa shape index (κ2) is 26.7. The van der Waals surface area contributed by atoms with Crippen molar-refractivity contribution in [2.24, 2.45) is 0 Å². The second-order valence-corrected chi connectivity index (χ2v) is 26.9. The third-order valence-corrected chi connectivity index (χ3v) is 20.4. The number of halogens is 12. The summed E-state index contributed by atoms with van der Waals surface area (Å²) < 4.78 is 196. The van der Waals surface area contributed by atoms with Crippen molar-refractivity contribution >= 4 is 29.7 Å². The van der Waals surface area contributed by atoms with Crippen molar-refractivity contribution in [2.75, 3.05) is 4.90 Å². The number of para-hydroxylation sites is 1. The number of anilines is 3. The summed E-state index contributed by atoms with van der Waals surface area (Å²) in [6, 6.07) is 76.7. The van der Waals surface area contributed by atoms with Crippen LogP contribution in [-0.4, -0.2) is 17.7 Å². The molecule has 0 heterocycles. The lowest BCUT2D eigenvalue weighted by atomic mass is 9.67. The van der Waals surface area contributed by atoms with Crippen LogP contribution in [-0.2, 0) is 45.7 Å². The van der Waals surface area contributed by atoms with Crippen molar-refractivity contribution in [3.63, 3.8) is 0 Å². The molecule has 1 N–H and O–H groups in total. The van der Waals surface area contributed by atoms with Crippen LogP contribution in [0.2, 0.25) is 0 Å². The summed E-state index contributed by atoms with van der Waals surface area (Å²) in [7, 11) is 0. The van der Waals surface area contributed by atoms with Crippen LogP contribution < -0.4 is 19.1 Å². The summed E-state index contributed by atoms with van der Waals surface area (Å²) in [5, 5.41) is 10.5. The van der Waals surface area contributed by atoms with E-state index in [-0.39, 0.29) is 46.1 Å².